The molecule has 0 atom stereocenters. The third-order valence-electron chi connectivity index (χ3n) is 2.14. The van der Waals surface area contributed by atoms with E-state index < -0.39 is 28.9 Å². The Bertz CT molecular complexity index is 354. The van der Waals surface area contributed by atoms with Crippen LogP contribution >= 0.6 is 0 Å². The van der Waals surface area contributed by atoms with Crippen molar-refractivity contribution in [2.24, 2.45) is 0 Å². The van der Waals surface area contributed by atoms with Crippen LogP contribution in [0, 0.1) is 0 Å². The first-order valence-corrected chi connectivity index (χ1v) is 5.32. The molecule has 0 saturated heterocycles. The molecule has 0 aromatic carbocycles. The molecule has 0 amide bonds. The van der Waals surface area contributed by atoms with Gasteiger partial charge in [0.15, 0.2) is 11.2 Å². The summed E-state index contributed by atoms with van der Waals surface area (Å²) in [6.45, 7) is 12.2. The topological polar surface area (TPSA) is 69.7 Å². The zero-order valence-electron chi connectivity index (χ0n) is 11.1. The zero-order chi connectivity index (χ0) is 14.6. The summed E-state index contributed by atoms with van der Waals surface area (Å²) in [6.07, 6.45) is 1.91. The highest BCUT2D eigenvalue weighted by Crippen LogP contribution is 2.23. The van der Waals surface area contributed by atoms with Crippen molar-refractivity contribution in [1.29, 1.82) is 0 Å². The Balaban J connectivity index is 5.00. The number of Topliss-reactive ketones (excluding diaryl/α,β-unsaturated/α-hetero) is 1. The predicted molar refractivity (Wildman–Crippen MR) is 65.7 cm³/mol. The van der Waals surface area contributed by atoms with E-state index in [4.69, 9.17) is 9.47 Å². The number of hydrogen-bond donors (Lipinski definition) is 0. The van der Waals surface area contributed by atoms with Crippen LogP contribution in [-0.2, 0) is 23.9 Å². The van der Waals surface area contributed by atoms with Crippen molar-refractivity contribution >= 4 is 17.7 Å². The molecular weight excluding hydrogens is 236 g/mol. The minimum absolute atomic E-state index is 0.541. The first kappa shape index (κ1) is 16.1. The van der Waals surface area contributed by atoms with E-state index >= 15 is 0 Å². The molecular formula is C13H18O5. The second kappa shape index (κ2) is 5.62. The Kier molecular flexibility index (Phi) is 5.02. The fraction of sp³-hybridized carbons (Fsp3) is 0.462. The number of ketones is 1. The molecule has 0 aliphatic rings. The first-order valence-electron chi connectivity index (χ1n) is 5.32. The van der Waals surface area contributed by atoms with E-state index in [1.165, 1.54) is 27.7 Å². The highest BCUT2D eigenvalue weighted by molar-refractivity contribution is 5.98. The molecule has 0 N–H and O–H groups in total. The molecule has 0 bridgehead atoms. The summed E-state index contributed by atoms with van der Waals surface area (Å²) in [5.74, 6) is -1.99. The second-order valence-corrected chi connectivity index (χ2v) is 4.60. The SMILES string of the molecule is C=CC(=O)OC(C)(C)C(=O)C(C)(C)OC(=O)C=C. The second-order valence-electron chi connectivity index (χ2n) is 4.60. The van der Waals surface area contributed by atoms with Crippen LogP contribution in [0.1, 0.15) is 27.7 Å². The van der Waals surface area contributed by atoms with Crippen LogP contribution in [0.5, 0.6) is 0 Å². The Morgan fingerprint density at radius 3 is 1.33 bits per heavy atom. The lowest BCUT2D eigenvalue weighted by atomic mass is 9.90. The summed E-state index contributed by atoms with van der Waals surface area (Å²) < 4.78 is 9.85. The van der Waals surface area contributed by atoms with Crippen molar-refractivity contribution in [3.05, 3.63) is 25.3 Å². The number of carbonyl (C=O) groups is 3. The molecule has 5 heteroatoms. The van der Waals surface area contributed by atoms with Crippen LogP contribution in [0.2, 0.25) is 0 Å². The van der Waals surface area contributed by atoms with Gasteiger partial charge in [-0.05, 0) is 27.7 Å². The summed E-state index contributed by atoms with van der Waals surface area (Å²) >= 11 is 0. The van der Waals surface area contributed by atoms with Gasteiger partial charge in [-0.15, -0.1) is 0 Å². The lowest BCUT2D eigenvalue weighted by molar-refractivity contribution is -0.175. The Labute approximate surface area is 106 Å². The molecule has 0 heterocycles. The highest BCUT2D eigenvalue weighted by Gasteiger charge is 2.44. The lowest BCUT2D eigenvalue weighted by Crippen LogP contribution is -2.50. The van der Waals surface area contributed by atoms with E-state index in [1.54, 1.807) is 0 Å². The van der Waals surface area contributed by atoms with Crippen molar-refractivity contribution in [3.8, 4) is 0 Å². The normalized spacial score (nSPS) is 11.3. The largest absolute Gasteiger partial charge is 0.448 e. The maximum atomic E-state index is 12.2. The molecule has 0 radical (unpaired) electrons. The number of ether oxygens (including phenoxy) is 2. The molecule has 0 aliphatic carbocycles. The van der Waals surface area contributed by atoms with Gasteiger partial charge < -0.3 is 9.47 Å². The van der Waals surface area contributed by atoms with E-state index in [9.17, 15) is 14.4 Å². The van der Waals surface area contributed by atoms with Gasteiger partial charge in [-0.1, -0.05) is 13.2 Å². The van der Waals surface area contributed by atoms with Crippen molar-refractivity contribution in [2.75, 3.05) is 0 Å². The average Bonchev–Trinajstić information content (AvgIpc) is 2.26. The molecule has 0 aromatic rings. The maximum absolute atomic E-state index is 12.2. The van der Waals surface area contributed by atoms with Crippen LogP contribution in [0.3, 0.4) is 0 Å². The van der Waals surface area contributed by atoms with Crippen molar-refractivity contribution in [1.82, 2.24) is 0 Å². The number of carbonyl (C=O) groups excluding carboxylic acids is 3. The first-order chi connectivity index (χ1) is 8.06. The molecule has 0 aromatic heterocycles. The molecule has 0 unspecified atom stereocenters. The van der Waals surface area contributed by atoms with Crippen molar-refractivity contribution < 1.29 is 23.9 Å². The molecule has 100 valence electrons. The van der Waals surface area contributed by atoms with Gasteiger partial charge in [0, 0.05) is 12.2 Å². The number of rotatable bonds is 6. The minimum atomic E-state index is -1.42. The van der Waals surface area contributed by atoms with Gasteiger partial charge in [-0.2, -0.15) is 0 Å². The lowest BCUT2D eigenvalue weighted by Gasteiger charge is -2.31. The van der Waals surface area contributed by atoms with E-state index in [2.05, 4.69) is 13.2 Å². The van der Waals surface area contributed by atoms with Crippen LogP contribution in [0.25, 0.3) is 0 Å². The summed E-state index contributed by atoms with van der Waals surface area (Å²) in [7, 11) is 0. The molecule has 0 saturated carbocycles. The summed E-state index contributed by atoms with van der Waals surface area (Å²) in [5, 5.41) is 0. The highest BCUT2D eigenvalue weighted by atomic mass is 16.6. The number of esters is 2. The third-order valence-corrected chi connectivity index (χ3v) is 2.14. The quantitative estimate of drug-likeness (QED) is 0.531. The van der Waals surface area contributed by atoms with Crippen LogP contribution < -0.4 is 0 Å². The zero-order valence-corrected chi connectivity index (χ0v) is 11.1. The standard InChI is InChI=1S/C13H18O5/c1-7-9(14)17-12(3,4)11(16)13(5,6)18-10(15)8-2/h7-8H,1-2H2,3-6H3. The van der Waals surface area contributed by atoms with Gasteiger partial charge in [-0.3, -0.25) is 4.79 Å². The molecule has 5 nitrogen and oxygen atoms in total. The predicted octanol–water partition coefficient (Wildman–Crippen LogP) is 1.57. The van der Waals surface area contributed by atoms with Crippen LogP contribution in [-0.4, -0.2) is 28.9 Å². The third kappa shape index (κ3) is 4.16. The van der Waals surface area contributed by atoms with E-state index in [0.717, 1.165) is 12.2 Å². The van der Waals surface area contributed by atoms with E-state index in [1.807, 2.05) is 0 Å². The summed E-state index contributed by atoms with van der Waals surface area (Å²) in [5.41, 5.74) is -2.84. The van der Waals surface area contributed by atoms with Crippen LogP contribution in [0.15, 0.2) is 25.3 Å². The van der Waals surface area contributed by atoms with Crippen LogP contribution in [0.4, 0.5) is 0 Å². The Morgan fingerprint density at radius 1 is 0.833 bits per heavy atom. The van der Waals surface area contributed by atoms with Gasteiger partial charge in [-0.25, -0.2) is 9.59 Å². The fourth-order valence-corrected chi connectivity index (χ4v) is 1.40. The number of hydrogen-bond acceptors (Lipinski definition) is 5. The van der Waals surface area contributed by atoms with Crippen molar-refractivity contribution in [2.45, 2.75) is 38.9 Å². The monoisotopic (exact) mass is 254 g/mol. The maximum Gasteiger partial charge on any atom is 0.331 e. The molecule has 0 rings (SSSR count). The Hall–Kier alpha value is -1.91. The molecule has 0 fully saturated rings. The molecule has 0 aliphatic heterocycles. The van der Waals surface area contributed by atoms with Gasteiger partial charge in [0.2, 0.25) is 5.78 Å². The summed E-state index contributed by atoms with van der Waals surface area (Å²) in [6, 6.07) is 0. The molecule has 18 heavy (non-hydrogen) atoms. The Morgan fingerprint density at radius 2 is 1.11 bits per heavy atom. The van der Waals surface area contributed by atoms with Gasteiger partial charge in [0.25, 0.3) is 0 Å². The van der Waals surface area contributed by atoms with Gasteiger partial charge >= 0.3 is 11.9 Å². The van der Waals surface area contributed by atoms with Gasteiger partial charge in [0.1, 0.15) is 0 Å². The van der Waals surface area contributed by atoms with Gasteiger partial charge in [0.05, 0.1) is 0 Å². The molecule has 0 spiro atoms. The smallest absolute Gasteiger partial charge is 0.331 e. The minimum Gasteiger partial charge on any atom is -0.448 e. The van der Waals surface area contributed by atoms with Crippen molar-refractivity contribution in [3.63, 3.8) is 0 Å². The van der Waals surface area contributed by atoms with E-state index in [-0.39, 0.29) is 0 Å². The fourth-order valence-electron chi connectivity index (χ4n) is 1.40. The summed E-state index contributed by atoms with van der Waals surface area (Å²) in [4.78, 5) is 34.4. The average molecular weight is 254 g/mol. The van der Waals surface area contributed by atoms with E-state index in [0.29, 0.717) is 0 Å².